The summed E-state index contributed by atoms with van der Waals surface area (Å²) in [6.07, 6.45) is 0. The minimum Gasteiger partial charge on any atom is -0.310 e. The van der Waals surface area contributed by atoms with Gasteiger partial charge in [-0.25, -0.2) is 0 Å². The van der Waals surface area contributed by atoms with Gasteiger partial charge in [-0.15, -0.1) is 11.3 Å². The Bertz CT molecular complexity index is 3870. The second kappa shape index (κ2) is 16.7. The maximum atomic E-state index is 2.44. The van der Waals surface area contributed by atoms with Crippen LogP contribution in [0.3, 0.4) is 0 Å². The van der Waals surface area contributed by atoms with Crippen LogP contribution in [0.5, 0.6) is 0 Å². The van der Waals surface area contributed by atoms with Crippen LogP contribution in [-0.2, 0) is 0 Å². The minimum atomic E-state index is 1.09. The molecule has 0 radical (unpaired) electrons. The molecule has 13 rings (SSSR count). The monoisotopic (exact) mass is 881 g/mol. The maximum Gasteiger partial charge on any atom is 0.0467 e. The van der Waals surface area contributed by atoms with Crippen LogP contribution < -0.4 is 4.90 Å². The lowest BCUT2D eigenvalue weighted by molar-refractivity contribution is 1.28. The second-order valence-electron chi connectivity index (χ2n) is 17.6. The first-order valence-electron chi connectivity index (χ1n) is 23.3. The van der Waals surface area contributed by atoms with Gasteiger partial charge in [-0.2, -0.15) is 0 Å². The van der Waals surface area contributed by atoms with Gasteiger partial charge in [0.15, 0.2) is 0 Å². The third kappa shape index (κ3) is 6.85. The SMILES string of the molecule is c1ccc(-c2sc3c4ccccc4c4ccc(-c5cccc(N(c6ccc(-c7cccc8ccccc78)cc6)c6ccc(-c7cccc8ccccc78)cc6)c5)cc4c3c2-c2ccccc2)cc1. The molecule has 0 aliphatic heterocycles. The fourth-order valence-electron chi connectivity index (χ4n) is 10.4. The van der Waals surface area contributed by atoms with E-state index in [2.05, 4.69) is 266 Å². The van der Waals surface area contributed by atoms with Crippen LogP contribution in [0.1, 0.15) is 0 Å². The van der Waals surface area contributed by atoms with Gasteiger partial charge in [0.2, 0.25) is 0 Å². The van der Waals surface area contributed by atoms with E-state index >= 15 is 0 Å². The molecule has 0 saturated heterocycles. The van der Waals surface area contributed by atoms with Crippen LogP contribution in [0.2, 0.25) is 0 Å². The van der Waals surface area contributed by atoms with E-state index in [1.165, 1.54) is 103 Å². The lowest BCUT2D eigenvalue weighted by Crippen LogP contribution is -2.10. The number of thiophene rings is 1. The number of fused-ring (bicyclic) bond motifs is 8. The topological polar surface area (TPSA) is 3.24 Å². The molecule has 68 heavy (non-hydrogen) atoms. The van der Waals surface area contributed by atoms with Crippen molar-refractivity contribution in [1.82, 2.24) is 0 Å². The van der Waals surface area contributed by atoms with Gasteiger partial charge in [0.05, 0.1) is 0 Å². The van der Waals surface area contributed by atoms with Gasteiger partial charge >= 0.3 is 0 Å². The van der Waals surface area contributed by atoms with E-state index in [-0.39, 0.29) is 0 Å². The van der Waals surface area contributed by atoms with E-state index in [1.54, 1.807) is 0 Å². The highest BCUT2D eigenvalue weighted by Crippen LogP contribution is 2.51. The van der Waals surface area contributed by atoms with Crippen LogP contribution in [0.4, 0.5) is 17.1 Å². The maximum absolute atomic E-state index is 2.44. The van der Waals surface area contributed by atoms with Crippen molar-refractivity contribution >= 4 is 81.6 Å². The standard InChI is InChI=1S/C66H43NS/c1-3-18-48(19-4-1)63-64-62-43-51(36-41-60(62)59-28-11-12-29-61(59)66(64)68-65(63)49-20-5-2-6-21-49)50-24-13-25-54(42-50)67(52-37-32-46(33-38-52)57-30-14-22-44-16-7-9-26-55(44)57)53-39-34-47(35-40-53)58-31-15-23-45-17-8-10-27-56(45)58/h1-43H. The van der Waals surface area contributed by atoms with E-state index in [0.717, 1.165) is 22.6 Å². The molecule has 2 heteroatoms. The number of benzene rings is 12. The third-order valence-corrected chi connectivity index (χ3v) is 14.9. The Labute approximate surface area is 400 Å². The van der Waals surface area contributed by atoms with E-state index in [0.29, 0.717) is 0 Å². The summed E-state index contributed by atoms with van der Waals surface area (Å²) in [6.45, 7) is 0. The predicted octanol–water partition coefficient (Wildman–Crippen LogP) is 19.3. The first kappa shape index (κ1) is 39.8. The van der Waals surface area contributed by atoms with Crippen LogP contribution in [-0.4, -0.2) is 0 Å². The Morgan fingerprint density at radius 1 is 0.265 bits per heavy atom. The van der Waals surface area contributed by atoms with Crippen molar-refractivity contribution in [3.63, 3.8) is 0 Å². The second-order valence-corrected chi connectivity index (χ2v) is 18.6. The van der Waals surface area contributed by atoms with Crippen LogP contribution >= 0.6 is 11.3 Å². The van der Waals surface area contributed by atoms with E-state index in [1.807, 2.05) is 11.3 Å². The first-order chi connectivity index (χ1) is 33.7. The summed E-state index contributed by atoms with van der Waals surface area (Å²) in [7, 11) is 0. The summed E-state index contributed by atoms with van der Waals surface area (Å²) in [6, 6.07) is 95.6. The molecule has 0 aliphatic rings. The van der Waals surface area contributed by atoms with Gasteiger partial charge in [-0.3, -0.25) is 0 Å². The Balaban J connectivity index is 0.977. The summed E-state index contributed by atoms with van der Waals surface area (Å²) in [5.41, 5.74) is 14.2. The lowest BCUT2D eigenvalue weighted by atomic mass is 9.90. The molecule has 0 bridgehead atoms. The van der Waals surface area contributed by atoms with Crippen LogP contribution in [0.25, 0.3) is 108 Å². The fourth-order valence-corrected chi connectivity index (χ4v) is 11.8. The van der Waals surface area contributed by atoms with Gasteiger partial charge < -0.3 is 4.90 Å². The Morgan fingerprint density at radius 2 is 0.721 bits per heavy atom. The number of anilines is 3. The molecule has 0 atom stereocenters. The molecule has 13 aromatic rings. The van der Waals surface area contributed by atoms with E-state index in [4.69, 9.17) is 0 Å². The summed E-state index contributed by atoms with van der Waals surface area (Å²) in [5, 5.41) is 11.4. The summed E-state index contributed by atoms with van der Waals surface area (Å²) < 4.78 is 1.32. The Kier molecular flexibility index (Phi) is 9.77. The quantitative estimate of drug-likeness (QED) is 0.137. The van der Waals surface area contributed by atoms with Crippen molar-refractivity contribution < 1.29 is 0 Å². The Hall–Kier alpha value is -8.56. The third-order valence-electron chi connectivity index (χ3n) is 13.6. The molecule has 0 unspecified atom stereocenters. The van der Waals surface area contributed by atoms with Crippen molar-refractivity contribution in [2.75, 3.05) is 4.90 Å². The summed E-state index contributed by atoms with van der Waals surface area (Å²) in [4.78, 5) is 3.69. The molecular formula is C66H43NS. The highest BCUT2D eigenvalue weighted by Gasteiger charge is 2.22. The first-order valence-corrected chi connectivity index (χ1v) is 24.1. The number of rotatable bonds is 8. The lowest BCUT2D eigenvalue weighted by Gasteiger charge is -2.26. The number of hydrogen-bond donors (Lipinski definition) is 0. The Morgan fingerprint density at radius 3 is 1.34 bits per heavy atom. The van der Waals surface area contributed by atoms with Gasteiger partial charge in [0.1, 0.15) is 0 Å². The molecule has 1 nitrogen and oxygen atoms in total. The van der Waals surface area contributed by atoms with E-state index < -0.39 is 0 Å². The predicted molar refractivity (Wildman–Crippen MR) is 294 cm³/mol. The molecule has 0 amide bonds. The number of hydrogen-bond acceptors (Lipinski definition) is 2. The molecule has 0 saturated carbocycles. The molecule has 318 valence electrons. The highest BCUT2D eigenvalue weighted by atomic mass is 32.1. The van der Waals surface area contributed by atoms with Crippen molar-refractivity contribution in [3.05, 3.63) is 261 Å². The summed E-state index contributed by atoms with van der Waals surface area (Å²) in [5.74, 6) is 0. The molecule has 0 spiro atoms. The minimum absolute atomic E-state index is 1.09. The van der Waals surface area contributed by atoms with Crippen LogP contribution in [0.15, 0.2) is 261 Å². The van der Waals surface area contributed by atoms with Gasteiger partial charge in [-0.1, -0.05) is 218 Å². The van der Waals surface area contributed by atoms with Crippen molar-refractivity contribution in [1.29, 1.82) is 0 Å². The van der Waals surface area contributed by atoms with Gasteiger partial charge in [0.25, 0.3) is 0 Å². The molecular weight excluding hydrogens is 839 g/mol. The molecule has 1 aromatic heterocycles. The summed E-state index contributed by atoms with van der Waals surface area (Å²) >= 11 is 1.91. The molecule has 12 aromatic carbocycles. The fraction of sp³-hybridized carbons (Fsp3) is 0. The molecule has 0 fully saturated rings. The molecule has 0 aliphatic carbocycles. The normalized spacial score (nSPS) is 11.5. The van der Waals surface area contributed by atoms with Crippen molar-refractivity contribution in [3.8, 4) is 54.9 Å². The highest BCUT2D eigenvalue weighted by molar-refractivity contribution is 7.24. The number of nitrogens with zero attached hydrogens (tertiary/aromatic N) is 1. The van der Waals surface area contributed by atoms with E-state index in [9.17, 15) is 0 Å². The van der Waals surface area contributed by atoms with Gasteiger partial charge in [0, 0.05) is 43.0 Å². The zero-order valence-electron chi connectivity index (χ0n) is 37.2. The zero-order chi connectivity index (χ0) is 45.0. The average molecular weight is 882 g/mol. The van der Waals surface area contributed by atoms with Crippen molar-refractivity contribution in [2.45, 2.75) is 0 Å². The molecule has 1 heterocycles. The largest absolute Gasteiger partial charge is 0.310 e. The van der Waals surface area contributed by atoms with Crippen LogP contribution in [0, 0.1) is 0 Å². The average Bonchev–Trinajstić information content (AvgIpc) is 3.83. The smallest absolute Gasteiger partial charge is 0.0467 e. The molecule has 0 N–H and O–H groups in total. The zero-order valence-corrected chi connectivity index (χ0v) is 38.0. The van der Waals surface area contributed by atoms with Crippen molar-refractivity contribution in [2.24, 2.45) is 0 Å². The van der Waals surface area contributed by atoms with Gasteiger partial charge in [-0.05, 0) is 125 Å².